The van der Waals surface area contributed by atoms with Crippen molar-refractivity contribution in [2.45, 2.75) is 25.1 Å². The van der Waals surface area contributed by atoms with E-state index in [9.17, 15) is 22.4 Å². The van der Waals surface area contributed by atoms with Gasteiger partial charge in [-0.15, -0.1) is 10.2 Å². The Hall–Kier alpha value is -4.02. The van der Waals surface area contributed by atoms with Gasteiger partial charge in [-0.2, -0.15) is 18.3 Å². The van der Waals surface area contributed by atoms with E-state index in [0.29, 0.717) is 54.9 Å². The van der Waals surface area contributed by atoms with Gasteiger partial charge in [-0.05, 0) is 37.1 Å². The number of hydrogen-bond acceptors (Lipinski definition) is 5. The van der Waals surface area contributed by atoms with Crippen LogP contribution in [0, 0.1) is 5.82 Å². The van der Waals surface area contributed by atoms with Crippen molar-refractivity contribution >= 4 is 22.5 Å². The van der Waals surface area contributed by atoms with Crippen LogP contribution in [0.1, 0.15) is 30.1 Å². The van der Waals surface area contributed by atoms with Crippen LogP contribution in [-0.4, -0.2) is 57.0 Å². The lowest BCUT2D eigenvalue weighted by Gasteiger charge is -2.37. The summed E-state index contributed by atoms with van der Waals surface area (Å²) in [4.78, 5) is 16.3. The molecule has 11 heteroatoms. The minimum Gasteiger partial charge on any atom is -0.354 e. The summed E-state index contributed by atoms with van der Waals surface area (Å²) in [5.74, 6) is -1.32. The van der Waals surface area contributed by atoms with Gasteiger partial charge < -0.3 is 9.80 Å². The highest BCUT2D eigenvalue weighted by molar-refractivity contribution is 6.00. The topological polar surface area (TPSA) is 67.2 Å². The number of aromatic nitrogens is 4. The molecule has 37 heavy (non-hydrogen) atoms. The first kappa shape index (κ1) is 23.4. The van der Waals surface area contributed by atoms with Crippen LogP contribution in [0.2, 0.25) is 0 Å². The zero-order valence-electron chi connectivity index (χ0n) is 21.1. The van der Waals surface area contributed by atoms with E-state index in [4.69, 9.17) is 1.37 Å². The lowest BCUT2D eigenvalue weighted by molar-refractivity contribution is -0.138. The highest BCUT2D eigenvalue weighted by atomic mass is 19.4. The average Bonchev–Trinajstić information content (AvgIpc) is 3.32. The molecule has 4 aromatic rings. The van der Waals surface area contributed by atoms with E-state index in [1.165, 1.54) is 11.9 Å². The maximum atomic E-state index is 13.5. The molecule has 1 saturated heterocycles. The summed E-state index contributed by atoms with van der Waals surface area (Å²) in [6.45, 7) is 0.919. The minimum absolute atomic E-state index is 0.293. The van der Waals surface area contributed by atoms with E-state index >= 15 is 0 Å². The maximum absolute atomic E-state index is 13.5. The fraction of sp³-hybridized carbons (Fsp3) is 0.308. The fourth-order valence-corrected chi connectivity index (χ4v) is 4.80. The van der Waals surface area contributed by atoms with E-state index < -0.39 is 29.0 Å². The van der Waals surface area contributed by atoms with Crippen LogP contribution >= 0.6 is 0 Å². The van der Waals surface area contributed by atoms with E-state index in [2.05, 4.69) is 15.3 Å². The third-order valence-electron chi connectivity index (χ3n) is 6.79. The molecule has 0 bridgehead atoms. The summed E-state index contributed by atoms with van der Waals surface area (Å²) in [6.07, 6.45) is -2.25. The van der Waals surface area contributed by atoms with Crippen molar-refractivity contribution in [1.82, 2.24) is 24.9 Å². The molecule has 0 atom stereocenters. The number of carbonyl (C=O) groups is 1. The van der Waals surface area contributed by atoms with Crippen molar-refractivity contribution in [3.8, 4) is 11.4 Å². The minimum atomic E-state index is -4.85. The smallest absolute Gasteiger partial charge is 0.354 e. The number of carbonyl (C=O) groups excluding carboxylic acids is 1. The van der Waals surface area contributed by atoms with Crippen LogP contribution in [0.5, 0.6) is 0 Å². The van der Waals surface area contributed by atoms with E-state index in [0.717, 1.165) is 23.2 Å². The summed E-state index contributed by atoms with van der Waals surface area (Å²) >= 11 is 0. The molecule has 0 saturated carbocycles. The number of aryl methyl sites for hydroxylation is 1. The van der Waals surface area contributed by atoms with Crippen molar-refractivity contribution in [3.63, 3.8) is 0 Å². The second kappa shape index (κ2) is 9.45. The molecule has 2 aromatic heterocycles. The van der Waals surface area contributed by atoms with Gasteiger partial charge in [0, 0.05) is 50.2 Å². The van der Waals surface area contributed by atoms with Crippen molar-refractivity contribution in [1.29, 1.82) is 0 Å². The summed E-state index contributed by atoms with van der Waals surface area (Å²) in [5, 5.41) is 14.5. The Morgan fingerprint density at radius 1 is 1.11 bits per heavy atom. The molecule has 0 aliphatic carbocycles. The van der Waals surface area contributed by atoms with Gasteiger partial charge in [0.15, 0.2) is 5.82 Å². The molecule has 3 heterocycles. The zero-order chi connectivity index (χ0) is 27.2. The first-order valence-electron chi connectivity index (χ1n) is 12.2. The van der Waals surface area contributed by atoms with Crippen LogP contribution in [0.15, 0.2) is 54.7 Å². The predicted molar refractivity (Wildman–Crippen MR) is 130 cm³/mol. The van der Waals surface area contributed by atoms with E-state index in [1.54, 1.807) is 30.1 Å². The number of benzene rings is 2. The summed E-state index contributed by atoms with van der Waals surface area (Å²) in [5.41, 5.74) is -0.495. The molecule has 7 nitrogen and oxygen atoms in total. The summed E-state index contributed by atoms with van der Waals surface area (Å²) < 4.78 is 64.1. The SMILES string of the molecule is [2H]c1cccc2c(-c3ccnn3C)nnc(N3CCC(N(C)C(=O)c4ccc(F)cc4C(F)(F)F)CC3)c12. The Bertz CT molecular complexity index is 1510. The standard InChI is InChI=1S/C26H24F4N6O/c1-34(25(37)20-8-7-16(27)15-21(20)26(28,29)30)17-10-13-36(14-11-17)24-19-6-4-3-5-18(19)23(32-33-24)22-9-12-31-35(22)2/h3-9,12,15,17H,10-11,13-14H2,1-2H3/i6D. The normalized spacial score (nSPS) is 15.2. The quantitative estimate of drug-likeness (QED) is 0.362. The number of halogens is 4. The van der Waals surface area contributed by atoms with Gasteiger partial charge in [0.25, 0.3) is 5.91 Å². The van der Waals surface area contributed by atoms with Gasteiger partial charge in [0.05, 0.1) is 18.2 Å². The van der Waals surface area contributed by atoms with Crippen molar-refractivity contribution in [2.75, 3.05) is 25.0 Å². The molecule has 1 fully saturated rings. The second-order valence-electron chi connectivity index (χ2n) is 8.99. The Balaban J connectivity index is 1.38. The fourth-order valence-electron chi connectivity index (χ4n) is 4.80. The van der Waals surface area contributed by atoms with Crippen LogP contribution < -0.4 is 4.90 Å². The number of piperidine rings is 1. The van der Waals surface area contributed by atoms with Gasteiger partial charge in [-0.25, -0.2) is 4.39 Å². The van der Waals surface area contributed by atoms with Crippen molar-refractivity contribution in [2.24, 2.45) is 7.05 Å². The molecular formula is C26H24F4N6O. The largest absolute Gasteiger partial charge is 0.417 e. The lowest BCUT2D eigenvalue weighted by Crippen LogP contribution is -2.46. The first-order chi connectivity index (χ1) is 18.1. The molecule has 2 aromatic carbocycles. The number of alkyl halides is 3. The van der Waals surface area contributed by atoms with E-state index in [-0.39, 0.29) is 6.04 Å². The molecule has 1 aliphatic rings. The molecule has 0 N–H and O–H groups in total. The van der Waals surface area contributed by atoms with Gasteiger partial charge in [-0.1, -0.05) is 24.2 Å². The molecular weight excluding hydrogens is 488 g/mol. The first-order valence-corrected chi connectivity index (χ1v) is 11.7. The van der Waals surface area contributed by atoms with Gasteiger partial charge in [0.1, 0.15) is 11.5 Å². The molecule has 192 valence electrons. The molecule has 1 aliphatic heterocycles. The zero-order valence-corrected chi connectivity index (χ0v) is 20.1. The van der Waals surface area contributed by atoms with Gasteiger partial charge in [0.2, 0.25) is 0 Å². The molecule has 0 unspecified atom stereocenters. The Kier molecular flexibility index (Phi) is 5.97. The van der Waals surface area contributed by atoms with Crippen LogP contribution in [-0.2, 0) is 13.2 Å². The Labute approximate surface area is 211 Å². The number of amides is 1. The third kappa shape index (κ3) is 4.61. The summed E-state index contributed by atoms with van der Waals surface area (Å²) in [6, 6.07) is 9.23. The Morgan fingerprint density at radius 2 is 1.86 bits per heavy atom. The monoisotopic (exact) mass is 513 g/mol. The number of anilines is 1. The average molecular weight is 514 g/mol. The molecule has 0 radical (unpaired) electrons. The highest BCUT2D eigenvalue weighted by Gasteiger charge is 2.37. The van der Waals surface area contributed by atoms with E-state index in [1.807, 2.05) is 17.0 Å². The van der Waals surface area contributed by atoms with Crippen molar-refractivity contribution in [3.05, 3.63) is 71.6 Å². The maximum Gasteiger partial charge on any atom is 0.417 e. The number of nitrogens with zero attached hydrogens (tertiary/aromatic N) is 6. The number of rotatable bonds is 4. The van der Waals surface area contributed by atoms with Gasteiger partial charge in [-0.3, -0.25) is 9.48 Å². The van der Waals surface area contributed by atoms with Crippen molar-refractivity contribution < 1.29 is 23.7 Å². The summed E-state index contributed by atoms with van der Waals surface area (Å²) in [7, 11) is 3.26. The molecule has 5 rings (SSSR count). The second-order valence-corrected chi connectivity index (χ2v) is 8.99. The Morgan fingerprint density at radius 3 is 2.54 bits per heavy atom. The highest BCUT2D eigenvalue weighted by Crippen LogP contribution is 2.35. The third-order valence-corrected chi connectivity index (χ3v) is 6.79. The number of fused-ring (bicyclic) bond motifs is 1. The van der Waals surface area contributed by atoms with Crippen LogP contribution in [0.25, 0.3) is 22.2 Å². The van der Waals surface area contributed by atoms with Crippen LogP contribution in [0.3, 0.4) is 0 Å². The molecule has 0 spiro atoms. The number of hydrogen-bond donors (Lipinski definition) is 0. The van der Waals surface area contributed by atoms with Gasteiger partial charge >= 0.3 is 6.18 Å². The van der Waals surface area contributed by atoms with Crippen LogP contribution in [0.4, 0.5) is 23.4 Å². The lowest BCUT2D eigenvalue weighted by atomic mass is 10.00. The predicted octanol–water partition coefficient (Wildman–Crippen LogP) is 4.93. The molecule has 1 amide bonds.